The molecule has 0 atom stereocenters. The zero-order valence-corrected chi connectivity index (χ0v) is 9.79. The van der Waals surface area contributed by atoms with Crippen molar-refractivity contribution in [2.24, 2.45) is 0 Å². The fraction of sp³-hybridized carbons (Fsp3) is 0.300. The first kappa shape index (κ1) is 8.99. The number of H-pyrrole nitrogens is 1. The third kappa shape index (κ3) is 1.70. The summed E-state index contributed by atoms with van der Waals surface area (Å²) < 4.78 is 1.17. The second-order valence-electron chi connectivity index (χ2n) is 3.47. The zero-order valence-electron chi connectivity index (χ0n) is 7.63. The van der Waals surface area contributed by atoms with Gasteiger partial charge in [0.05, 0.1) is 11.0 Å². The number of nitrogens with one attached hydrogen (secondary N) is 1. The van der Waals surface area contributed by atoms with Crippen LogP contribution >= 0.6 is 22.6 Å². The maximum atomic E-state index is 4.35. The lowest BCUT2D eigenvalue weighted by Gasteiger charge is -1.97. The average Bonchev–Trinajstić information content (AvgIpc) is 2.46. The van der Waals surface area contributed by atoms with Gasteiger partial charge >= 0.3 is 0 Å². The third-order valence-electron chi connectivity index (χ3n) is 2.08. The van der Waals surface area contributed by atoms with Crippen LogP contribution in [0.2, 0.25) is 0 Å². The number of aromatic amines is 1. The fourth-order valence-electron chi connectivity index (χ4n) is 1.31. The predicted octanol–water partition coefficient (Wildman–Crippen LogP) is 3.29. The second-order valence-corrected chi connectivity index (χ2v) is 4.71. The molecule has 0 aliphatic rings. The third-order valence-corrected chi connectivity index (χ3v) is 2.67. The highest BCUT2D eigenvalue weighted by Gasteiger charge is 2.04. The Morgan fingerprint density at radius 1 is 1.38 bits per heavy atom. The molecule has 0 spiro atoms. The van der Waals surface area contributed by atoms with E-state index in [-0.39, 0.29) is 0 Å². The van der Waals surface area contributed by atoms with Gasteiger partial charge in [-0.05, 0) is 40.6 Å². The standard InChI is InChI=1S/C10H11IN2/c1-6(2)8-4-9-10(13-8)3-7(11)5-12-9/h3-6,13H,1-2H3. The van der Waals surface area contributed by atoms with E-state index in [1.165, 1.54) is 9.26 Å². The molecule has 2 heterocycles. The molecule has 2 rings (SSSR count). The lowest BCUT2D eigenvalue weighted by molar-refractivity contribution is 0.836. The summed E-state index contributed by atoms with van der Waals surface area (Å²) in [5.41, 5.74) is 3.45. The van der Waals surface area contributed by atoms with E-state index in [1.54, 1.807) is 0 Å². The van der Waals surface area contributed by atoms with E-state index < -0.39 is 0 Å². The van der Waals surface area contributed by atoms with Crippen LogP contribution in [-0.2, 0) is 0 Å². The summed E-state index contributed by atoms with van der Waals surface area (Å²) >= 11 is 2.27. The first-order chi connectivity index (χ1) is 6.16. The maximum Gasteiger partial charge on any atom is 0.0882 e. The van der Waals surface area contributed by atoms with Crippen molar-refractivity contribution in [1.29, 1.82) is 0 Å². The Kier molecular flexibility index (Phi) is 2.27. The molecular formula is C10H11IN2. The Labute approximate surface area is 90.9 Å². The summed E-state index contributed by atoms with van der Waals surface area (Å²) in [5, 5.41) is 0. The monoisotopic (exact) mass is 286 g/mol. The van der Waals surface area contributed by atoms with E-state index in [4.69, 9.17) is 0 Å². The average molecular weight is 286 g/mol. The molecule has 0 unspecified atom stereocenters. The molecule has 0 radical (unpaired) electrons. The molecule has 1 N–H and O–H groups in total. The largest absolute Gasteiger partial charge is 0.357 e. The van der Waals surface area contributed by atoms with Crippen LogP contribution in [-0.4, -0.2) is 9.97 Å². The second kappa shape index (κ2) is 3.29. The normalized spacial score (nSPS) is 11.4. The molecule has 13 heavy (non-hydrogen) atoms. The lowest BCUT2D eigenvalue weighted by atomic mass is 10.1. The lowest BCUT2D eigenvalue weighted by Crippen LogP contribution is -1.84. The Hall–Kier alpha value is -0.580. The van der Waals surface area contributed by atoms with Crippen molar-refractivity contribution in [2.75, 3.05) is 0 Å². The molecule has 0 bridgehead atoms. The van der Waals surface area contributed by atoms with Crippen molar-refractivity contribution in [2.45, 2.75) is 19.8 Å². The Morgan fingerprint density at radius 2 is 2.15 bits per heavy atom. The number of halogens is 1. The molecule has 0 aliphatic carbocycles. The van der Waals surface area contributed by atoms with Gasteiger partial charge in [-0.3, -0.25) is 4.98 Å². The summed E-state index contributed by atoms with van der Waals surface area (Å²) in [4.78, 5) is 7.71. The Bertz CT molecular complexity index is 431. The Morgan fingerprint density at radius 3 is 2.85 bits per heavy atom. The number of pyridine rings is 1. The summed E-state index contributed by atoms with van der Waals surface area (Å²) in [6, 6.07) is 4.24. The quantitative estimate of drug-likeness (QED) is 0.801. The maximum absolute atomic E-state index is 4.35. The van der Waals surface area contributed by atoms with Gasteiger partial charge in [0.25, 0.3) is 0 Å². The van der Waals surface area contributed by atoms with Crippen molar-refractivity contribution in [3.8, 4) is 0 Å². The van der Waals surface area contributed by atoms with Crippen LogP contribution in [0.25, 0.3) is 11.0 Å². The zero-order chi connectivity index (χ0) is 9.42. The van der Waals surface area contributed by atoms with Crippen LogP contribution in [0.3, 0.4) is 0 Å². The minimum absolute atomic E-state index is 0.534. The van der Waals surface area contributed by atoms with Crippen molar-refractivity contribution in [3.63, 3.8) is 0 Å². The van der Waals surface area contributed by atoms with Crippen molar-refractivity contribution >= 4 is 33.6 Å². The molecule has 2 aromatic heterocycles. The minimum Gasteiger partial charge on any atom is -0.357 e. The molecule has 0 saturated carbocycles. The van der Waals surface area contributed by atoms with Crippen LogP contribution in [0.15, 0.2) is 18.3 Å². The smallest absolute Gasteiger partial charge is 0.0882 e. The van der Waals surface area contributed by atoms with E-state index in [1.807, 2.05) is 6.20 Å². The molecule has 0 amide bonds. The summed E-state index contributed by atoms with van der Waals surface area (Å²) in [6.07, 6.45) is 1.89. The van der Waals surface area contributed by atoms with E-state index >= 15 is 0 Å². The van der Waals surface area contributed by atoms with Gasteiger partial charge in [0.15, 0.2) is 0 Å². The van der Waals surface area contributed by atoms with Crippen LogP contribution in [0, 0.1) is 3.57 Å². The molecular weight excluding hydrogens is 275 g/mol. The van der Waals surface area contributed by atoms with E-state index in [9.17, 15) is 0 Å². The Balaban J connectivity index is 2.62. The number of hydrogen-bond donors (Lipinski definition) is 1. The molecule has 0 fully saturated rings. The van der Waals surface area contributed by atoms with E-state index in [0.717, 1.165) is 11.0 Å². The van der Waals surface area contributed by atoms with Gasteiger partial charge in [-0.15, -0.1) is 0 Å². The van der Waals surface area contributed by atoms with Crippen molar-refractivity contribution < 1.29 is 0 Å². The van der Waals surface area contributed by atoms with Crippen LogP contribution in [0.4, 0.5) is 0 Å². The number of rotatable bonds is 1. The molecule has 2 nitrogen and oxygen atoms in total. The topological polar surface area (TPSA) is 28.7 Å². The minimum atomic E-state index is 0.534. The van der Waals surface area contributed by atoms with Gasteiger partial charge in [-0.1, -0.05) is 13.8 Å². The first-order valence-electron chi connectivity index (χ1n) is 4.31. The fourth-order valence-corrected chi connectivity index (χ4v) is 1.77. The summed E-state index contributed by atoms with van der Waals surface area (Å²) in [5.74, 6) is 0.534. The summed E-state index contributed by atoms with van der Waals surface area (Å²) in [7, 11) is 0. The van der Waals surface area contributed by atoms with Gasteiger partial charge in [-0.25, -0.2) is 0 Å². The van der Waals surface area contributed by atoms with Crippen molar-refractivity contribution in [3.05, 3.63) is 27.6 Å². The highest BCUT2D eigenvalue weighted by atomic mass is 127. The molecule has 3 heteroatoms. The number of nitrogens with zero attached hydrogens (tertiary/aromatic N) is 1. The van der Waals surface area contributed by atoms with Gasteiger partial charge in [0, 0.05) is 15.5 Å². The molecule has 68 valence electrons. The van der Waals surface area contributed by atoms with Gasteiger partial charge < -0.3 is 4.98 Å². The predicted molar refractivity (Wildman–Crippen MR) is 62.9 cm³/mol. The molecule has 0 aliphatic heterocycles. The van der Waals surface area contributed by atoms with Gasteiger partial charge in [-0.2, -0.15) is 0 Å². The molecule has 0 aromatic carbocycles. The SMILES string of the molecule is CC(C)c1cc2ncc(I)cc2[nH]1. The van der Waals surface area contributed by atoms with E-state index in [2.05, 4.69) is 58.5 Å². The van der Waals surface area contributed by atoms with Crippen LogP contribution < -0.4 is 0 Å². The highest BCUT2D eigenvalue weighted by molar-refractivity contribution is 14.1. The van der Waals surface area contributed by atoms with Gasteiger partial charge in [0.1, 0.15) is 0 Å². The number of aromatic nitrogens is 2. The highest BCUT2D eigenvalue weighted by Crippen LogP contribution is 2.20. The van der Waals surface area contributed by atoms with Crippen LogP contribution in [0.5, 0.6) is 0 Å². The van der Waals surface area contributed by atoms with E-state index in [0.29, 0.717) is 5.92 Å². The van der Waals surface area contributed by atoms with Crippen molar-refractivity contribution in [1.82, 2.24) is 9.97 Å². The molecule has 2 aromatic rings. The molecule has 0 saturated heterocycles. The van der Waals surface area contributed by atoms with Gasteiger partial charge in [0.2, 0.25) is 0 Å². The van der Waals surface area contributed by atoms with Crippen LogP contribution in [0.1, 0.15) is 25.5 Å². The first-order valence-corrected chi connectivity index (χ1v) is 5.39. The summed E-state index contributed by atoms with van der Waals surface area (Å²) in [6.45, 7) is 4.35. The number of fused-ring (bicyclic) bond motifs is 1. The number of hydrogen-bond acceptors (Lipinski definition) is 1.